The second-order valence-electron chi connectivity index (χ2n) is 6.92. The maximum Gasteiger partial charge on any atom is 0.335 e. The van der Waals surface area contributed by atoms with E-state index in [1.807, 2.05) is 0 Å². The first kappa shape index (κ1) is 20.8. The number of hydrogen-bond donors (Lipinski definition) is 1. The Morgan fingerprint density at radius 2 is 1.69 bits per heavy atom. The van der Waals surface area contributed by atoms with E-state index in [0.29, 0.717) is 33.8 Å². The number of hydrazone groups is 1. The molecule has 0 aromatic heterocycles. The SMILES string of the molecule is COc1cc(/C=N\N2C(=O)c3ccccc3C2=O)ccc1OCc1cccc(C(=O)O)c1. The number of benzene rings is 3. The molecular weight excluding hydrogens is 412 g/mol. The van der Waals surface area contributed by atoms with E-state index in [4.69, 9.17) is 14.6 Å². The molecule has 1 aliphatic rings. The van der Waals surface area contributed by atoms with Crippen LogP contribution in [0.3, 0.4) is 0 Å². The quantitative estimate of drug-likeness (QED) is 0.454. The van der Waals surface area contributed by atoms with Crippen LogP contribution >= 0.6 is 0 Å². The molecule has 0 radical (unpaired) electrons. The highest BCUT2D eigenvalue weighted by molar-refractivity contribution is 6.21. The maximum atomic E-state index is 12.4. The Morgan fingerprint density at radius 1 is 0.969 bits per heavy atom. The molecular formula is C24H18N2O6. The van der Waals surface area contributed by atoms with Crippen molar-refractivity contribution in [1.82, 2.24) is 5.01 Å². The molecule has 4 rings (SSSR count). The molecule has 0 bridgehead atoms. The lowest BCUT2D eigenvalue weighted by Gasteiger charge is -2.12. The molecule has 1 N–H and O–H groups in total. The van der Waals surface area contributed by atoms with E-state index in [2.05, 4.69) is 5.10 Å². The number of amides is 2. The number of carbonyl (C=O) groups excluding carboxylic acids is 2. The Bertz CT molecular complexity index is 1220. The summed E-state index contributed by atoms with van der Waals surface area (Å²) < 4.78 is 11.1. The van der Waals surface area contributed by atoms with Crippen LogP contribution in [0, 0.1) is 0 Å². The number of methoxy groups -OCH3 is 1. The van der Waals surface area contributed by atoms with Crippen molar-refractivity contribution < 1.29 is 29.0 Å². The highest BCUT2D eigenvalue weighted by Crippen LogP contribution is 2.29. The number of carboxylic acid groups (broad SMARTS) is 1. The van der Waals surface area contributed by atoms with Crippen molar-refractivity contribution in [2.45, 2.75) is 6.61 Å². The molecule has 1 heterocycles. The fourth-order valence-electron chi connectivity index (χ4n) is 3.24. The highest BCUT2D eigenvalue weighted by Gasteiger charge is 2.35. The van der Waals surface area contributed by atoms with Gasteiger partial charge in [0.2, 0.25) is 0 Å². The molecule has 3 aromatic rings. The van der Waals surface area contributed by atoms with Crippen molar-refractivity contribution in [3.63, 3.8) is 0 Å². The first-order valence-electron chi connectivity index (χ1n) is 9.63. The number of rotatable bonds is 7. The average Bonchev–Trinajstić information content (AvgIpc) is 3.06. The molecule has 3 aromatic carbocycles. The summed E-state index contributed by atoms with van der Waals surface area (Å²) in [5, 5.41) is 14.0. The summed E-state index contributed by atoms with van der Waals surface area (Å²) in [6.07, 6.45) is 1.39. The van der Waals surface area contributed by atoms with Crippen LogP contribution in [-0.4, -0.2) is 41.2 Å². The van der Waals surface area contributed by atoms with Gasteiger partial charge in [0.15, 0.2) is 11.5 Å². The molecule has 1 aliphatic heterocycles. The van der Waals surface area contributed by atoms with Gasteiger partial charge in [-0.25, -0.2) is 4.79 Å². The lowest BCUT2D eigenvalue weighted by atomic mass is 10.1. The molecule has 2 amide bonds. The van der Waals surface area contributed by atoms with Crippen molar-refractivity contribution in [2.75, 3.05) is 7.11 Å². The summed E-state index contributed by atoms with van der Waals surface area (Å²) >= 11 is 0. The zero-order valence-corrected chi connectivity index (χ0v) is 17.0. The zero-order valence-electron chi connectivity index (χ0n) is 17.0. The number of ether oxygens (including phenoxy) is 2. The van der Waals surface area contributed by atoms with E-state index in [0.717, 1.165) is 5.01 Å². The molecule has 160 valence electrons. The van der Waals surface area contributed by atoms with Crippen LogP contribution in [0.4, 0.5) is 0 Å². The van der Waals surface area contributed by atoms with Gasteiger partial charge in [0.05, 0.1) is 30.0 Å². The minimum Gasteiger partial charge on any atom is -0.493 e. The normalized spacial score (nSPS) is 12.8. The van der Waals surface area contributed by atoms with Crippen molar-refractivity contribution >= 4 is 24.0 Å². The number of nitrogens with zero attached hydrogens (tertiary/aromatic N) is 2. The summed E-state index contributed by atoms with van der Waals surface area (Å²) in [4.78, 5) is 35.9. The minimum atomic E-state index is -1.01. The average molecular weight is 430 g/mol. The van der Waals surface area contributed by atoms with Crippen LogP contribution in [0.2, 0.25) is 0 Å². The van der Waals surface area contributed by atoms with Gasteiger partial charge in [-0.15, -0.1) is 0 Å². The van der Waals surface area contributed by atoms with Crippen molar-refractivity contribution in [1.29, 1.82) is 0 Å². The van der Waals surface area contributed by atoms with E-state index in [1.54, 1.807) is 54.6 Å². The van der Waals surface area contributed by atoms with Crippen LogP contribution in [-0.2, 0) is 6.61 Å². The van der Waals surface area contributed by atoms with E-state index >= 15 is 0 Å². The highest BCUT2D eigenvalue weighted by atomic mass is 16.5. The van der Waals surface area contributed by atoms with Gasteiger partial charge in [0.1, 0.15) is 6.61 Å². The van der Waals surface area contributed by atoms with Gasteiger partial charge >= 0.3 is 5.97 Å². The predicted molar refractivity (Wildman–Crippen MR) is 115 cm³/mol. The molecule has 0 fully saturated rings. The minimum absolute atomic E-state index is 0.153. The van der Waals surface area contributed by atoms with E-state index in [1.165, 1.54) is 25.5 Å². The third-order valence-electron chi connectivity index (χ3n) is 4.85. The van der Waals surface area contributed by atoms with Gasteiger partial charge in [-0.3, -0.25) is 9.59 Å². The molecule has 0 aliphatic carbocycles. The summed E-state index contributed by atoms with van der Waals surface area (Å²) in [6, 6.07) is 18.1. The summed E-state index contributed by atoms with van der Waals surface area (Å²) in [6.45, 7) is 0.153. The fraction of sp³-hybridized carbons (Fsp3) is 0.0833. The third kappa shape index (κ3) is 4.06. The molecule has 8 nitrogen and oxygen atoms in total. The summed E-state index contributed by atoms with van der Waals surface area (Å²) in [5.41, 5.74) is 2.12. The number of carboxylic acids is 1. The Balaban J connectivity index is 1.48. The fourth-order valence-corrected chi connectivity index (χ4v) is 3.24. The maximum absolute atomic E-state index is 12.4. The lowest BCUT2D eigenvalue weighted by Crippen LogP contribution is -2.23. The van der Waals surface area contributed by atoms with E-state index in [9.17, 15) is 14.4 Å². The molecule has 0 saturated heterocycles. The molecule has 0 unspecified atom stereocenters. The van der Waals surface area contributed by atoms with Crippen LogP contribution in [0.1, 0.15) is 42.2 Å². The van der Waals surface area contributed by atoms with Crippen molar-refractivity contribution in [3.05, 3.63) is 94.5 Å². The van der Waals surface area contributed by atoms with E-state index in [-0.39, 0.29) is 12.2 Å². The first-order chi connectivity index (χ1) is 15.5. The van der Waals surface area contributed by atoms with Crippen LogP contribution in [0.5, 0.6) is 11.5 Å². The van der Waals surface area contributed by atoms with Crippen LogP contribution in [0.15, 0.2) is 71.8 Å². The molecule has 0 saturated carbocycles. The van der Waals surface area contributed by atoms with Crippen molar-refractivity contribution in [2.24, 2.45) is 5.10 Å². The standard InChI is InChI=1S/C24H18N2O6/c1-31-21-12-15(13-25-26-22(27)18-7-2-3-8-19(18)23(26)28)9-10-20(21)32-14-16-5-4-6-17(11-16)24(29)30/h2-13H,14H2,1H3,(H,29,30)/b25-13-. The number of hydrogen-bond acceptors (Lipinski definition) is 6. The van der Waals surface area contributed by atoms with Gasteiger partial charge in [-0.2, -0.15) is 10.1 Å². The van der Waals surface area contributed by atoms with Gasteiger partial charge < -0.3 is 14.6 Å². The summed E-state index contributed by atoms with van der Waals surface area (Å²) in [7, 11) is 1.48. The molecule has 8 heteroatoms. The predicted octanol–water partition coefficient (Wildman–Crippen LogP) is 3.60. The van der Waals surface area contributed by atoms with Crippen LogP contribution in [0.25, 0.3) is 0 Å². The number of carbonyl (C=O) groups is 3. The molecule has 32 heavy (non-hydrogen) atoms. The Kier molecular flexibility index (Phi) is 5.67. The summed E-state index contributed by atoms with van der Waals surface area (Å²) in [5.74, 6) is -1.09. The van der Waals surface area contributed by atoms with E-state index < -0.39 is 17.8 Å². The molecule has 0 spiro atoms. The molecule has 0 atom stereocenters. The zero-order chi connectivity index (χ0) is 22.7. The van der Waals surface area contributed by atoms with Crippen LogP contribution < -0.4 is 9.47 Å². The smallest absolute Gasteiger partial charge is 0.335 e. The van der Waals surface area contributed by atoms with Gasteiger partial charge in [0.25, 0.3) is 11.8 Å². The number of imide groups is 1. The largest absolute Gasteiger partial charge is 0.493 e. The van der Waals surface area contributed by atoms with Gasteiger partial charge in [-0.1, -0.05) is 24.3 Å². The number of aromatic carboxylic acids is 1. The Labute approximate surface area is 183 Å². The number of fused-ring (bicyclic) bond motifs is 1. The van der Waals surface area contributed by atoms with Crippen molar-refractivity contribution in [3.8, 4) is 11.5 Å². The lowest BCUT2D eigenvalue weighted by molar-refractivity contribution is 0.0656. The topological polar surface area (TPSA) is 106 Å². The Morgan fingerprint density at radius 3 is 2.34 bits per heavy atom. The van der Waals surface area contributed by atoms with Gasteiger partial charge in [-0.05, 0) is 53.6 Å². The first-order valence-corrected chi connectivity index (χ1v) is 9.63. The second-order valence-corrected chi connectivity index (χ2v) is 6.92. The second kappa shape index (κ2) is 8.73. The third-order valence-corrected chi connectivity index (χ3v) is 4.85. The monoisotopic (exact) mass is 430 g/mol. The Hall–Kier alpha value is -4.46. The van der Waals surface area contributed by atoms with Gasteiger partial charge in [0, 0.05) is 0 Å².